The van der Waals surface area contributed by atoms with Crippen molar-refractivity contribution in [3.05, 3.63) is 53.8 Å². The number of aryl methyl sites for hydroxylation is 1. The first-order valence-electron chi connectivity index (χ1n) is 6.49. The molecule has 0 aliphatic carbocycles. The van der Waals surface area contributed by atoms with Crippen LogP contribution in [0.4, 0.5) is 15.8 Å². The first-order chi connectivity index (χ1) is 9.86. The highest BCUT2D eigenvalue weighted by atomic mass is 32.2. The van der Waals surface area contributed by atoms with E-state index >= 15 is 0 Å². The minimum Gasteiger partial charge on any atom is -0.398 e. The van der Waals surface area contributed by atoms with Gasteiger partial charge in [0.2, 0.25) is 0 Å². The topological polar surface area (TPSA) is 63.4 Å². The molecule has 0 spiro atoms. The lowest BCUT2D eigenvalue weighted by Crippen LogP contribution is -2.26. The second-order valence-corrected chi connectivity index (χ2v) is 6.63. The van der Waals surface area contributed by atoms with Crippen LogP contribution in [0.2, 0.25) is 0 Å². The van der Waals surface area contributed by atoms with Gasteiger partial charge in [0.25, 0.3) is 10.0 Å². The van der Waals surface area contributed by atoms with Gasteiger partial charge in [-0.3, -0.25) is 4.31 Å². The van der Waals surface area contributed by atoms with Gasteiger partial charge in [0.05, 0.1) is 10.6 Å². The molecule has 0 saturated heterocycles. The van der Waals surface area contributed by atoms with Crippen molar-refractivity contribution in [2.24, 2.45) is 0 Å². The maximum Gasteiger partial charge on any atom is 0.264 e. The van der Waals surface area contributed by atoms with Crippen LogP contribution in [0.15, 0.2) is 47.4 Å². The molecule has 0 heterocycles. The second kappa shape index (κ2) is 5.73. The molecule has 2 rings (SSSR count). The SMILES string of the molecule is CCc1ccc(S(=O)(=O)N(C)c2ccc(F)cc2)cc1N. The highest BCUT2D eigenvalue weighted by Crippen LogP contribution is 2.25. The van der Waals surface area contributed by atoms with Gasteiger partial charge in [0, 0.05) is 12.7 Å². The Bertz CT molecular complexity index is 743. The van der Waals surface area contributed by atoms with Crippen LogP contribution in [0, 0.1) is 5.82 Å². The molecular formula is C15H17FN2O2S. The van der Waals surface area contributed by atoms with E-state index in [1.165, 1.54) is 43.4 Å². The molecule has 0 bridgehead atoms. The molecule has 112 valence electrons. The molecule has 4 nitrogen and oxygen atoms in total. The Balaban J connectivity index is 2.41. The normalized spacial score (nSPS) is 11.4. The molecule has 0 fully saturated rings. The van der Waals surface area contributed by atoms with Gasteiger partial charge in [-0.25, -0.2) is 12.8 Å². The van der Waals surface area contributed by atoms with E-state index in [4.69, 9.17) is 5.73 Å². The van der Waals surface area contributed by atoms with Crippen LogP contribution in [0.1, 0.15) is 12.5 Å². The minimum atomic E-state index is -3.72. The van der Waals surface area contributed by atoms with Gasteiger partial charge in [-0.05, 0) is 48.4 Å². The van der Waals surface area contributed by atoms with E-state index in [0.717, 1.165) is 16.3 Å². The van der Waals surface area contributed by atoms with Crippen molar-refractivity contribution in [2.45, 2.75) is 18.2 Å². The predicted octanol–water partition coefficient (Wildman–Crippen LogP) is 2.80. The summed E-state index contributed by atoms with van der Waals surface area (Å²) in [5.41, 5.74) is 7.59. The minimum absolute atomic E-state index is 0.115. The molecule has 0 radical (unpaired) electrons. The average molecular weight is 308 g/mol. The average Bonchev–Trinajstić information content (AvgIpc) is 2.47. The lowest BCUT2D eigenvalue weighted by atomic mass is 10.1. The number of rotatable bonds is 4. The first kappa shape index (κ1) is 15.3. The van der Waals surface area contributed by atoms with Crippen LogP contribution in [0.25, 0.3) is 0 Å². The summed E-state index contributed by atoms with van der Waals surface area (Å²) in [5, 5.41) is 0. The number of sulfonamides is 1. The fraction of sp³-hybridized carbons (Fsp3) is 0.200. The highest BCUT2D eigenvalue weighted by molar-refractivity contribution is 7.92. The van der Waals surface area contributed by atoms with Gasteiger partial charge in [-0.15, -0.1) is 0 Å². The molecule has 0 amide bonds. The van der Waals surface area contributed by atoms with Crippen LogP contribution >= 0.6 is 0 Å². The Labute approximate surface area is 124 Å². The first-order valence-corrected chi connectivity index (χ1v) is 7.93. The molecule has 0 atom stereocenters. The van der Waals surface area contributed by atoms with Gasteiger partial charge in [0.1, 0.15) is 5.82 Å². The monoisotopic (exact) mass is 308 g/mol. The Morgan fingerprint density at radius 2 is 1.76 bits per heavy atom. The van der Waals surface area contributed by atoms with Crippen molar-refractivity contribution in [1.82, 2.24) is 0 Å². The van der Waals surface area contributed by atoms with Crippen LogP contribution in [-0.4, -0.2) is 15.5 Å². The van der Waals surface area contributed by atoms with E-state index in [1.807, 2.05) is 6.92 Å². The third kappa shape index (κ3) is 3.00. The molecule has 6 heteroatoms. The van der Waals surface area contributed by atoms with Crippen LogP contribution in [0.5, 0.6) is 0 Å². The van der Waals surface area contributed by atoms with Crippen LogP contribution in [0.3, 0.4) is 0 Å². The molecule has 2 aromatic carbocycles. The summed E-state index contributed by atoms with van der Waals surface area (Å²) in [6.45, 7) is 1.95. The van der Waals surface area contributed by atoms with E-state index in [-0.39, 0.29) is 4.90 Å². The van der Waals surface area contributed by atoms with Crippen LogP contribution in [-0.2, 0) is 16.4 Å². The van der Waals surface area contributed by atoms with Crippen molar-refractivity contribution >= 4 is 21.4 Å². The number of nitrogen functional groups attached to an aromatic ring is 1. The smallest absolute Gasteiger partial charge is 0.264 e. The summed E-state index contributed by atoms with van der Waals surface area (Å²) >= 11 is 0. The number of anilines is 2. The van der Waals surface area contributed by atoms with E-state index in [9.17, 15) is 12.8 Å². The Morgan fingerprint density at radius 1 is 1.14 bits per heavy atom. The maximum atomic E-state index is 12.9. The Kier molecular flexibility index (Phi) is 4.18. The molecular weight excluding hydrogens is 291 g/mol. The van der Waals surface area contributed by atoms with Crippen molar-refractivity contribution in [3.63, 3.8) is 0 Å². The fourth-order valence-electron chi connectivity index (χ4n) is 2.00. The predicted molar refractivity (Wildman–Crippen MR) is 82.2 cm³/mol. The van der Waals surface area contributed by atoms with Gasteiger partial charge in [-0.1, -0.05) is 13.0 Å². The molecule has 0 saturated carbocycles. The van der Waals surface area contributed by atoms with Crippen molar-refractivity contribution in [1.29, 1.82) is 0 Å². The standard InChI is InChI=1S/C15H17FN2O2S/c1-3-11-4-9-14(10-15(11)17)21(19,20)18(2)13-7-5-12(16)6-8-13/h4-10H,3,17H2,1-2H3. The van der Waals surface area contributed by atoms with Crippen molar-refractivity contribution in [3.8, 4) is 0 Å². The number of hydrogen-bond donors (Lipinski definition) is 1. The number of nitrogens with zero attached hydrogens (tertiary/aromatic N) is 1. The molecule has 0 aromatic heterocycles. The van der Waals surface area contributed by atoms with Gasteiger partial charge < -0.3 is 5.73 Å². The summed E-state index contributed by atoms with van der Waals surface area (Å²) in [6.07, 6.45) is 0.736. The van der Waals surface area contributed by atoms with Crippen molar-refractivity contribution < 1.29 is 12.8 Å². The Morgan fingerprint density at radius 3 is 2.29 bits per heavy atom. The number of hydrogen-bond acceptors (Lipinski definition) is 3. The third-order valence-electron chi connectivity index (χ3n) is 3.35. The largest absolute Gasteiger partial charge is 0.398 e. The summed E-state index contributed by atoms with van der Waals surface area (Å²) in [6, 6.07) is 9.96. The fourth-order valence-corrected chi connectivity index (χ4v) is 3.23. The second-order valence-electron chi connectivity index (χ2n) is 4.66. The molecule has 21 heavy (non-hydrogen) atoms. The summed E-state index contributed by atoms with van der Waals surface area (Å²) in [4.78, 5) is 0.115. The van der Waals surface area contributed by atoms with Gasteiger partial charge in [-0.2, -0.15) is 0 Å². The number of nitrogens with two attached hydrogens (primary N) is 1. The summed E-state index contributed by atoms with van der Waals surface area (Å²) in [7, 11) is -2.30. The van der Waals surface area contributed by atoms with E-state index in [0.29, 0.717) is 11.4 Å². The molecule has 0 aliphatic rings. The lowest BCUT2D eigenvalue weighted by Gasteiger charge is -2.20. The van der Waals surface area contributed by atoms with Gasteiger partial charge >= 0.3 is 0 Å². The highest BCUT2D eigenvalue weighted by Gasteiger charge is 2.22. The molecule has 0 aliphatic heterocycles. The zero-order valence-electron chi connectivity index (χ0n) is 11.9. The van der Waals surface area contributed by atoms with E-state index in [1.54, 1.807) is 6.07 Å². The molecule has 0 unspecified atom stereocenters. The Hall–Kier alpha value is -2.08. The lowest BCUT2D eigenvalue weighted by molar-refractivity contribution is 0.594. The van der Waals surface area contributed by atoms with Crippen molar-refractivity contribution in [2.75, 3.05) is 17.1 Å². The zero-order valence-corrected chi connectivity index (χ0v) is 12.7. The quantitative estimate of drug-likeness (QED) is 0.883. The number of halogens is 1. The van der Waals surface area contributed by atoms with Gasteiger partial charge in [0.15, 0.2) is 0 Å². The van der Waals surface area contributed by atoms with E-state index in [2.05, 4.69) is 0 Å². The maximum absolute atomic E-state index is 12.9. The van der Waals surface area contributed by atoms with Crippen LogP contribution < -0.4 is 10.0 Å². The zero-order chi connectivity index (χ0) is 15.6. The molecule has 2 N–H and O–H groups in total. The summed E-state index contributed by atoms with van der Waals surface area (Å²) < 4.78 is 39.1. The third-order valence-corrected chi connectivity index (χ3v) is 5.13. The number of benzene rings is 2. The van der Waals surface area contributed by atoms with E-state index < -0.39 is 15.8 Å². The molecule has 2 aromatic rings. The summed E-state index contributed by atoms with van der Waals surface area (Å²) in [5.74, 6) is -0.416.